The van der Waals surface area contributed by atoms with Crippen molar-refractivity contribution in [1.29, 1.82) is 0 Å². The molecule has 0 radical (unpaired) electrons. The highest BCUT2D eigenvalue weighted by molar-refractivity contribution is 5.55. The van der Waals surface area contributed by atoms with Crippen molar-refractivity contribution in [2.75, 3.05) is 0 Å². The van der Waals surface area contributed by atoms with Gasteiger partial charge in [0.2, 0.25) is 5.82 Å². The Labute approximate surface area is 134 Å². The quantitative estimate of drug-likeness (QED) is 0.792. The third-order valence-corrected chi connectivity index (χ3v) is 3.34. The predicted molar refractivity (Wildman–Crippen MR) is 77.8 cm³/mol. The zero-order chi connectivity index (χ0) is 17.3. The second kappa shape index (κ2) is 6.04. The number of aliphatic hydroxyl groups excluding tert-OH is 1. The van der Waals surface area contributed by atoms with Gasteiger partial charge in [-0.25, -0.2) is 0 Å². The number of halogens is 3. The Morgan fingerprint density at radius 1 is 1.04 bits per heavy atom. The molecule has 2 heterocycles. The van der Waals surface area contributed by atoms with Crippen LogP contribution in [0, 0.1) is 6.92 Å². The van der Waals surface area contributed by atoms with Gasteiger partial charge in [-0.15, -0.1) is 0 Å². The Balaban J connectivity index is 1.84. The Bertz CT molecular complexity index is 844. The summed E-state index contributed by atoms with van der Waals surface area (Å²) >= 11 is 0. The second-order valence-corrected chi connectivity index (χ2v) is 5.15. The summed E-state index contributed by atoms with van der Waals surface area (Å²) < 4.78 is 41.6. The number of aromatic nitrogens is 3. The summed E-state index contributed by atoms with van der Waals surface area (Å²) in [4.78, 5) is 7.56. The van der Waals surface area contributed by atoms with E-state index in [2.05, 4.69) is 19.6 Å². The van der Waals surface area contributed by atoms with Crippen molar-refractivity contribution in [3.8, 4) is 11.4 Å². The first-order valence-corrected chi connectivity index (χ1v) is 6.97. The first-order chi connectivity index (χ1) is 11.3. The average molecular weight is 335 g/mol. The fraction of sp³-hybridized carbons (Fsp3) is 0.188. The molecule has 0 fully saturated rings. The van der Waals surface area contributed by atoms with Gasteiger partial charge in [-0.1, -0.05) is 35.5 Å². The van der Waals surface area contributed by atoms with E-state index in [0.29, 0.717) is 16.8 Å². The van der Waals surface area contributed by atoms with Crippen molar-refractivity contribution in [2.24, 2.45) is 0 Å². The van der Waals surface area contributed by atoms with Crippen LogP contribution < -0.4 is 0 Å². The van der Waals surface area contributed by atoms with Gasteiger partial charge in [-0.3, -0.25) is 4.98 Å². The molecule has 0 spiro atoms. The highest BCUT2D eigenvalue weighted by Gasteiger charge is 2.38. The molecule has 124 valence electrons. The maximum Gasteiger partial charge on any atom is 0.471 e. The molecule has 0 amide bonds. The molecule has 0 saturated carbocycles. The Morgan fingerprint density at radius 3 is 2.33 bits per heavy atom. The SMILES string of the molecule is Cc1cccc(C(O)c2ccc(-c3noc(C(F)(F)F)n3)cc2)n1. The molecular formula is C16H12F3N3O2. The summed E-state index contributed by atoms with van der Waals surface area (Å²) in [6.07, 6.45) is -5.62. The van der Waals surface area contributed by atoms with Crippen LogP contribution in [0.2, 0.25) is 0 Å². The molecule has 0 aliphatic rings. The normalized spacial score (nSPS) is 13.0. The molecule has 0 aliphatic heterocycles. The molecule has 5 nitrogen and oxygen atoms in total. The van der Waals surface area contributed by atoms with Crippen LogP contribution in [0.3, 0.4) is 0 Å². The van der Waals surface area contributed by atoms with Gasteiger partial charge in [-0.2, -0.15) is 18.2 Å². The number of aliphatic hydroxyl groups is 1. The van der Waals surface area contributed by atoms with Crippen LogP contribution >= 0.6 is 0 Å². The summed E-state index contributed by atoms with van der Waals surface area (Å²) in [5, 5.41) is 13.6. The van der Waals surface area contributed by atoms with E-state index >= 15 is 0 Å². The zero-order valence-electron chi connectivity index (χ0n) is 12.4. The molecule has 3 aromatic rings. The molecule has 0 aliphatic carbocycles. The minimum absolute atomic E-state index is 0.169. The van der Waals surface area contributed by atoms with Crippen LogP contribution in [-0.2, 0) is 6.18 Å². The van der Waals surface area contributed by atoms with Crippen molar-refractivity contribution in [1.82, 2.24) is 15.1 Å². The van der Waals surface area contributed by atoms with Gasteiger partial charge in [-0.05, 0) is 24.6 Å². The maximum atomic E-state index is 12.5. The summed E-state index contributed by atoms with van der Waals surface area (Å²) in [5.41, 5.74) is 2.16. The molecule has 24 heavy (non-hydrogen) atoms. The molecule has 1 atom stereocenters. The summed E-state index contributed by atoms with van der Waals surface area (Å²) in [5.74, 6) is -1.57. The van der Waals surface area contributed by atoms with Crippen LogP contribution in [-0.4, -0.2) is 20.2 Å². The average Bonchev–Trinajstić information content (AvgIpc) is 3.04. The van der Waals surface area contributed by atoms with Crippen LogP contribution in [0.25, 0.3) is 11.4 Å². The third kappa shape index (κ3) is 3.28. The van der Waals surface area contributed by atoms with Crippen molar-refractivity contribution < 1.29 is 22.8 Å². The van der Waals surface area contributed by atoms with Crippen LogP contribution in [0.4, 0.5) is 13.2 Å². The van der Waals surface area contributed by atoms with E-state index in [9.17, 15) is 18.3 Å². The lowest BCUT2D eigenvalue weighted by molar-refractivity contribution is -0.159. The summed E-state index contributed by atoms with van der Waals surface area (Å²) in [6.45, 7) is 1.81. The fourth-order valence-corrected chi connectivity index (χ4v) is 2.16. The van der Waals surface area contributed by atoms with Crippen molar-refractivity contribution in [3.63, 3.8) is 0 Å². The first-order valence-electron chi connectivity index (χ1n) is 6.97. The van der Waals surface area contributed by atoms with Gasteiger partial charge in [0, 0.05) is 11.3 Å². The van der Waals surface area contributed by atoms with Crippen molar-refractivity contribution in [3.05, 3.63) is 65.3 Å². The van der Waals surface area contributed by atoms with Crippen LogP contribution in [0.5, 0.6) is 0 Å². The van der Waals surface area contributed by atoms with Gasteiger partial charge in [0.25, 0.3) is 0 Å². The molecule has 3 rings (SSSR count). The van der Waals surface area contributed by atoms with E-state index < -0.39 is 18.2 Å². The Morgan fingerprint density at radius 2 is 1.75 bits per heavy atom. The number of alkyl halides is 3. The highest BCUT2D eigenvalue weighted by atomic mass is 19.4. The molecule has 8 heteroatoms. The number of benzene rings is 1. The standard InChI is InChI=1S/C16H12F3N3O2/c1-9-3-2-4-12(20-9)13(23)10-5-7-11(8-6-10)14-21-15(24-22-14)16(17,18)19/h2-8,13,23H,1H3. The van der Waals surface area contributed by atoms with E-state index in [1.807, 2.05) is 13.0 Å². The predicted octanol–water partition coefficient (Wildman–Crippen LogP) is 3.54. The number of rotatable bonds is 3. The Hall–Kier alpha value is -2.74. The van der Waals surface area contributed by atoms with E-state index in [-0.39, 0.29) is 5.82 Å². The number of hydrogen-bond acceptors (Lipinski definition) is 5. The molecule has 2 aromatic heterocycles. The largest absolute Gasteiger partial charge is 0.471 e. The maximum absolute atomic E-state index is 12.5. The number of pyridine rings is 1. The van der Waals surface area contributed by atoms with Crippen molar-refractivity contribution in [2.45, 2.75) is 19.2 Å². The molecule has 1 aromatic carbocycles. The molecule has 1 N–H and O–H groups in total. The lowest BCUT2D eigenvalue weighted by atomic mass is 10.0. The van der Waals surface area contributed by atoms with Crippen molar-refractivity contribution >= 4 is 0 Å². The number of aryl methyl sites for hydroxylation is 1. The lowest BCUT2D eigenvalue weighted by Gasteiger charge is -2.11. The van der Waals surface area contributed by atoms with E-state index in [1.54, 1.807) is 24.3 Å². The third-order valence-electron chi connectivity index (χ3n) is 3.34. The topological polar surface area (TPSA) is 72.0 Å². The molecule has 1 unspecified atom stereocenters. The van der Waals surface area contributed by atoms with Gasteiger partial charge in [0.1, 0.15) is 6.10 Å². The van der Waals surface area contributed by atoms with Gasteiger partial charge in [0.05, 0.1) is 5.69 Å². The van der Waals surface area contributed by atoms with E-state index in [0.717, 1.165) is 5.69 Å². The summed E-state index contributed by atoms with van der Waals surface area (Å²) in [6, 6.07) is 11.5. The zero-order valence-corrected chi connectivity index (χ0v) is 12.4. The Kier molecular flexibility index (Phi) is 4.06. The number of hydrogen-bond donors (Lipinski definition) is 1. The summed E-state index contributed by atoms with van der Waals surface area (Å²) in [7, 11) is 0. The minimum atomic E-state index is -4.68. The highest BCUT2D eigenvalue weighted by Crippen LogP contribution is 2.30. The second-order valence-electron chi connectivity index (χ2n) is 5.15. The molecule has 0 saturated heterocycles. The van der Waals surface area contributed by atoms with Gasteiger partial charge < -0.3 is 9.63 Å². The van der Waals surface area contributed by atoms with E-state index in [4.69, 9.17) is 0 Å². The minimum Gasteiger partial charge on any atom is -0.382 e. The van der Waals surface area contributed by atoms with Crippen LogP contribution in [0.1, 0.15) is 28.9 Å². The van der Waals surface area contributed by atoms with Gasteiger partial charge >= 0.3 is 12.1 Å². The monoisotopic (exact) mass is 335 g/mol. The van der Waals surface area contributed by atoms with E-state index in [1.165, 1.54) is 12.1 Å². The lowest BCUT2D eigenvalue weighted by Crippen LogP contribution is -2.05. The molecular weight excluding hydrogens is 323 g/mol. The smallest absolute Gasteiger partial charge is 0.382 e. The fourth-order valence-electron chi connectivity index (χ4n) is 2.16. The van der Waals surface area contributed by atoms with Crippen LogP contribution in [0.15, 0.2) is 47.0 Å². The number of nitrogens with zero attached hydrogens (tertiary/aromatic N) is 3. The molecule has 0 bridgehead atoms. The first kappa shape index (κ1) is 16.1. The van der Waals surface area contributed by atoms with Gasteiger partial charge in [0.15, 0.2) is 0 Å².